The van der Waals surface area contributed by atoms with Gasteiger partial charge in [0.1, 0.15) is 0 Å². The van der Waals surface area contributed by atoms with Crippen LogP contribution in [0.1, 0.15) is 0 Å². The zero-order valence-electron chi connectivity index (χ0n) is 7.66. The third kappa shape index (κ3) is 2.27. The quantitative estimate of drug-likeness (QED) is 0.813. The number of carboxylic acids is 1. The smallest absolute Gasteiger partial charge is 0.313 e. The van der Waals surface area contributed by atoms with Gasteiger partial charge in [0.25, 0.3) is 0 Å². The largest absolute Gasteiger partial charge is 0.481 e. The third-order valence-corrected chi connectivity index (χ3v) is 3.23. The summed E-state index contributed by atoms with van der Waals surface area (Å²) in [7, 11) is 0. The molecule has 0 aliphatic heterocycles. The molecule has 2 aromatic rings. The molecule has 0 saturated carbocycles. The van der Waals surface area contributed by atoms with E-state index < -0.39 is 5.97 Å². The molecule has 2 N–H and O–H groups in total. The molecule has 0 atom stereocenters. The van der Waals surface area contributed by atoms with Crippen LogP contribution in [0.2, 0.25) is 5.02 Å². The van der Waals surface area contributed by atoms with Gasteiger partial charge in [-0.3, -0.25) is 4.79 Å². The van der Waals surface area contributed by atoms with Gasteiger partial charge in [0.2, 0.25) is 0 Å². The van der Waals surface area contributed by atoms with Crippen molar-refractivity contribution in [1.82, 2.24) is 4.98 Å². The number of benzene rings is 1. The van der Waals surface area contributed by atoms with Gasteiger partial charge < -0.3 is 10.1 Å². The zero-order chi connectivity index (χ0) is 10.8. The van der Waals surface area contributed by atoms with Gasteiger partial charge in [-0.15, -0.1) is 11.8 Å². The van der Waals surface area contributed by atoms with Gasteiger partial charge in [0, 0.05) is 27.0 Å². The Hall–Kier alpha value is -1.13. The van der Waals surface area contributed by atoms with Crippen LogP contribution in [0.5, 0.6) is 0 Å². The highest BCUT2D eigenvalue weighted by Gasteiger charge is 2.06. The van der Waals surface area contributed by atoms with Crippen molar-refractivity contribution < 1.29 is 9.90 Å². The van der Waals surface area contributed by atoms with Gasteiger partial charge >= 0.3 is 5.97 Å². The molecule has 1 aromatic carbocycles. The second-order valence-electron chi connectivity index (χ2n) is 3.03. The maximum Gasteiger partial charge on any atom is 0.313 e. The summed E-state index contributed by atoms with van der Waals surface area (Å²) in [5.74, 6) is -0.751. The molecule has 1 aromatic heterocycles. The number of rotatable bonds is 3. The lowest BCUT2D eigenvalue weighted by Gasteiger charge is -1.96. The van der Waals surface area contributed by atoms with E-state index in [1.165, 1.54) is 11.8 Å². The summed E-state index contributed by atoms with van der Waals surface area (Å²) in [6, 6.07) is 5.50. The van der Waals surface area contributed by atoms with Crippen molar-refractivity contribution in [3.8, 4) is 0 Å². The summed E-state index contributed by atoms with van der Waals surface area (Å²) in [5.41, 5.74) is 0.926. The highest BCUT2D eigenvalue weighted by molar-refractivity contribution is 8.00. The highest BCUT2D eigenvalue weighted by Crippen LogP contribution is 2.29. The molecule has 0 unspecified atom stereocenters. The van der Waals surface area contributed by atoms with Crippen LogP contribution in [0.3, 0.4) is 0 Å². The third-order valence-electron chi connectivity index (χ3n) is 1.96. The van der Waals surface area contributed by atoms with E-state index in [0.29, 0.717) is 5.02 Å². The number of carboxylic acid groups (broad SMARTS) is 1. The highest BCUT2D eigenvalue weighted by atomic mass is 35.5. The molecule has 0 amide bonds. The fourth-order valence-corrected chi connectivity index (χ4v) is 2.26. The molecule has 5 heteroatoms. The summed E-state index contributed by atoms with van der Waals surface area (Å²) in [4.78, 5) is 14.4. The Bertz CT molecular complexity index is 509. The Morgan fingerprint density at radius 2 is 2.33 bits per heavy atom. The first-order chi connectivity index (χ1) is 7.16. The van der Waals surface area contributed by atoms with Crippen molar-refractivity contribution >= 4 is 40.2 Å². The van der Waals surface area contributed by atoms with E-state index in [1.807, 2.05) is 12.1 Å². The number of halogens is 1. The number of nitrogens with one attached hydrogen (secondary N) is 1. The van der Waals surface area contributed by atoms with Crippen LogP contribution in [0.25, 0.3) is 10.9 Å². The summed E-state index contributed by atoms with van der Waals surface area (Å²) >= 11 is 7.13. The van der Waals surface area contributed by atoms with Gasteiger partial charge in [0.15, 0.2) is 0 Å². The van der Waals surface area contributed by atoms with E-state index >= 15 is 0 Å². The Morgan fingerprint density at radius 3 is 3.07 bits per heavy atom. The number of thioether (sulfide) groups is 1. The lowest BCUT2D eigenvalue weighted by molar-refractivity contribution is -0.133. The first kappa shape index (κ1) is 10.4. The van der Waals surface area contributed by atoms with Crippen molar-refractivity contribution in [2.75, 3.05) is 5.75 Å². The first-order valence-electron chi connectivity index (χ1n) is 4.28. The van der Waals surface area contributed by atoms with Crippen LogP contribution in [0.4, 0.5) is 0 Å². The molecule has 3 nitrogen and oxygen atoms in total. The van der Waals surface area contributed by atoms with Crippen LogP contribution >= 0.6 is 23.4 Å². The Balaban J connectivity index is 2.32. The van der Waals surface area contributed by atoms with E-state index in [4.69, 9.17) is 16.7 Å². The first-order valence-corrected chi connectivity index (χ1v) is 5.64. The summed E-state index contributed by atoms with van der Waals surface area (Å²) in [6.45, 7) is 0. The van der Waals surface area contributed by atoms with Crippen LogP contribution in [0.15, 0.2) is 29.3 Å². The molecule has 0 bridgehead atoms. The van der Waals surface area contributed by atoms with E-state index in [-0.39, 0.29) is 5.75 Å². The van der Waals surface area contributed by atoms with Crippen LogP contribution in [-0.2, 0) is 4.79 Å². The molecule has 0 aliphatic rings. The van der Waals surface area contributed by atoms with Crippen molar-refractivity contribution in [1.29, 1.82) is 0 Å². The predicted octanol–water partition coefficient (Wildman–Crippen LogP) is 3.00. The monoisotopic (exact) mass is 241 g/mol. The summed E-state index contributed by atoms with van der Waals surface area (Å²) in [5, 5.41) is 10.2. The molecular weight excluding hydrogens is 234 g/mol. The van der Waals surface area contributed by atoms with Crippen molar-refractivity contribution in [2.24, 2.45) is 0 Å². The number of carbonyl (C=O) groups is 1. The van der Waals surface area contributed by atoms with Crippen molar-refractivity contribution in [3.63, 3.8) is 0 Å². The molecule has 2 rings (SSSR count). The lowest BCUT2D eigenvalue weighted by atomic mass is 10.2. The molecule has 15 heavy (non-hydrogen) atoms. The van der Waals surface area contributed by atoms with Crippen LogP contribution < -0.4 is 0 Å². The van der Waals surface area contributed by atoms with E-state index in [2.05, 4.69) is 4.98 Å². The zero-order valence-corrected chi connectivity index (χ0v) is 9.23. The van der Waals surface area contributed by atoms with Crippen molar-refractivity contribution in [3.05, 3.63) is 29.4 Å². The van der Waals surface area contributed by atoms with Crippen LogP contribution in [-0.4, -0.2) is 21.8 Å². The number of hydrogen-bond acceptors (Lipinski definition) is 2. The van der Waals surface area contributed by atoms with Crippen molar-refractivity contribution in [2.45, 2.75) is 4.90 Å². The number of hydrogen-bond donors (Lipinski definition) is 2. The SMILES string of the molecule is O=C(O)CSc1c[nH]c2cc(Cl)ccc12. The molecule has 0 aliphatic carbocycles. The molecule has 0 fully saturated rings. The number of aromatic amines is 1. The molecule has 1 heterocycles. The molecular formula is C10H8ClNO2S. The number of fused-ring (bicyclic) bond motifs is 1. The minimum Gasteiger partial charge on any atom is -0.481 e. The Morgan fingerprint density at radius 1 is 1.53 bits per heavy atom. The fraction of sp³-hybridized carbons (Fsp3) is 0.100. The standard InChI is InChI=1S/C10H8ClNO2S/c11-6-1-2-7-8(3-6)12-4-9(7)15-5-10(13)14/h1-4,12H,5H2,(H,13,14). The molecule has 0 radical (unpaired) electrons. The Kier molecular flexibility index (Phi) is 2.88. The van der Waals surface area contributed by atoms with Gasteiger partial charge in [-0.25, -0.2) is 0 Å². The molecule has 0 spiro atoms. The average molecular weight is 242 g/mol. The van der Waals surface area contributed by atoms with Gasteiger partial charge in [-0.1, -0.05) is 17.7 Å². The van der Waals surface area contributed by atoms with E-state index in [0.717, 1.165) is 15.8 Å². The molecule has 78 valence electrons. The van der Waals surface area contributed by atoms with Gasteiger partial charge in [-0.05, 0) is 12.1 Å². The summed E-state index contributed by atoms with van der Waals surface area (Å²) in [6.07, 6.45) is 1.80. The summed E-state index contributed by atoms with van der Waals surface area (Å²) < 4.78 is 0. The van der Waals surface area contributed by atoms with Crippen LogP contribution in [0, 0.1) is 0 Å². The predicted molar refractivity (Wildman–Crippen MR) is 61.7 cm³/mol. The minimum atomic E-state index is -0.816. The van der Waals surface area contributed by atoms with Gasteiger partial charge in [-0.2, -0.15) is 0 Å². The topological polar surface area (TPSA) is 53.1 Å². The number of aliphatic carboxylic acids is 1. The van der Waals surface area contributed by atoms with E-state index in [9.17, 15) is 4.79 Å². The normalized spacial score (nSPS) is 10.7. The fourth-order valence-electron chi connectivity index (χ4n) is 1.33. The van der Waals surface area contributed by atoms with E-state index in [1.54, 1.807) is 12.3 Å². The number of aromatic nitrogens is 1. The van der Waals surface area contributed by atoms with Gasteiger partial charge in [0.05, 0.1) is 5.75 Å². The Labute approximate surface area is 95.4 Å². The second kappa shape index (κ2) is 4.16. The lowest BCUT2D eigenvalue weighted by Crippen LogP contribution is -1.96. The average Bonchev–Trinajstić information content (AvgIpc) is 2.57. The molecule has 0 saturated heterocycles. The maximum atomic E-state index is 10.4. The minimum absolute atomic E-state index is 0.0651. The maximum absolute atomic E-state index is 10.4. The second-order valence-corrected chi connectivity index (χ2v) is 4.48. The number of H-pyrrole nitrogens is 1.